The van der Waals surface area contributed by atoms with Gasteiger partial charge in [-0.05, 0) is 30.7 Å². The molecule has 1 rings (SSSR count). The van der Waals surface area contributed by atoms with Crippen LogP contribution in [0.25, 0.3) is 0 Å². The predicted octanol–water partition coefficient (Wildman–Crippen LogP) is 1.23. The highest BCUT2D eigenvalue weighted by Gasteiger charge is 2.03. The number of phenols is 1. The van der Waals surface area contributed by atoms with Crippen LogP contribution in [0.5, 0.6) is 11.5 Å². The van der Waals surface area contributed by atoms with Gasteiger partial charge >= 0.3 is 12.0 Å². The van der Waals surface area contributed by atoms with Gasteiger partial charge < -0.3 is 15.6 Å². The van der Waals surface area contributed by atoms with Crippen LogP contribution < -0.4 is 10.5 Å². The molecule has 0 aliphatic heterocycles. The summed E-state index contributed by atoms with van der Waals surface area (Å²) in [6.07, 6.45) is 1.64. The van der Waals surface area contributed by atoms with Gasteiger partial charge in [0.1, 0.15) is 11.5 Å². The number of ether oxygens (including phenoxy) is 1. The Balaban J connectivity index is 2.35. The first-order valence-corrected chi connectivity index (χ1v) is 4.89. The van der Waals surface area contributed by atoms with Crippen molar-refractivity contribution in [3.8, 4) is 11.5 Å². The Labute approximate surface area is 97.7 Å². The maximum atomic E-state index is 11.3. The van der Waals surface area contributed by atoms with Gasteiger partial charge in [-0.25, -0.2) is 9.79 Å². The van der Waals surface area contributed by atoms with Crippen molar-refractivity contribution < 1.29 is 19.4 Å². The summed E-state index contributed by atoms with van der Waals surface area (Å²) >= 11 is 0. The van der Waals surface area contributed by atoms with Gasteiger partial charge in [0.2, 0.25) is 0 Å². The molecule has 0 fully saturated rings. The Morgan fingerprint density at radius 2 is 2.00 bits per heavy atom. The molecule has 0 aromatic heterocycles. The SMILES string of the molecule is NC(=O)N=CCCC(=O)Oc1ccc(O)cc1. The maximum absolute atomic E-state index is 11.3. The van der Waals surface area contributed by atoms with Gasteiger partial charge in [-0.1, -0.05) is 0 Å². The number of amides is 2. The second-order valence-electron chi connectivity index (χ2n) is 3.16. The quantitative estimate of drug-likeness (QED) is 0.466. The zero-order valence-corrected chi connectivity index (χ0v) is 9.00. The van der Waals surface area contributed by atoms with Crippen LogP contribution in [0.1, 0.15) is 12.8 Å². The van der Waals surface area contributed by atoms with Crippen molar-refractivity contribution in [1.82, 2.24) is 0 Å². The number of aliphatic imine (C=N–C) groups is 1. The Bertz CT molecular complexity index is 426. The Morgan fingerprint density at radius 1 is 1.35 bits per heavy atom. The first-order valence-electron chi connectivity index (χ1n) is 4.89. The highest BCUT2D eigenvalue weighted by atomic mass is 16.5. The van der Waals surface area contributed by atoms with Crippen LogP contribution in [0.3, 0.4) is 0 Å². The third-order valence-corrected chi connectivity index (χ3v) is 1.76. The lowest BCUT2D eigenvalue weighted by atomic mass is 10.3. The number of nitrogens with two attached hydrogens (primary N) is 1. The largest absolute Gasteiger partial charge is 0.508 e. The molecule has 0 radical (unpaired) electrons. The zero-order valence-electron chi connectivity index (χ0n) is 9.00. The van der Waals surface area contributed by atoms with E-state index >= 15 is 0 Å². The number of carbonyl (C=O) groups is 2. The number of carbonyl (C=O) groups excluding carboxylic acids is 2. The number of urea groups is 1. The lowest BCUT2D eigenvalue weighted by molar-refractivity contribution is -0.134. The van der Waals surface area contributed by atoms with Gasteiger partial charge in [0.25, 0.3) is 0 Å². The number of hydrogen-bond donors (Lipinski definition) is 2. The lowest BCUT2D eigenvalue weighted by Crippen LogP contribution is -2.08. The normalized spacial score (nSPS) is 10.4. The minimum Gasteiger partial charge on any atom is -0.508 e. The molecule has 0 atom stereocenters. The molecule has 0 heterocycles. The molecule has 0 bridgehead atoms. The van der Waals surface area contributed by atoms with E-state index in [0.29, 0.717) is 5.75 Å². The molecule has 0 saturated heterocycles. The van der Waals surface area contributed by atoms with Crippen molar-refractivity contribution in [2.75, 3.05) is 0 Å². The van der Waals surface area contributed by atoms with E-state index in [-0.39, 0.29) is 18.6 Å². The Kier molecular flexibility index (Phi) is 4.68. The van der Waals surface area contributed by atoms with Gasteiger partial charge in [-0.2, -0.15) is 0 Å². The molecule has 0 saturated carbocycles. The highest BCUT2D eigenvalue weighted by Crippen LogP contribution is 2.16. The molecular weight excluding hydrogens is 224 g/mol. The van der Waals surface area contributed by atoms with Crippen molar-refractivity contribution in [3.63, 3.8) is 0 Å². The molecule has 0 unspecified atom stereocenters. The van der Waals surface area contributed by atoms with E-state index in [1.807, 2.05) is 0 Å². The average molecular weight is 236 g/mol. The maximum Gasteiger partial charge on any atom is 0.337 e. The third kappa shape index (κ3) is 5.31. The van der Waals surface area contributed by atoms with E-state index in [4.69, 9.17) is 15.6 Å². The highest BCUT2D eigenvalue weighted by molar-refractivity contribution is 5.83. The molecule has 3 N–H and O–H groups in total. The minimum atomic E-state index is -0.795. The van der Waals surface area contributed by atoms with E-state index in [0.717, 1.165) is 0 Å². The van der Waals surface area contributed by atoms with E-state index < -0.39 is 12.0 Å². The fraction of sp³-hybridized carbons (Fsp3) is 0.182. The summed E-state index contributed by atoms with van der Waals surface area (Å²) in [5.41, 5.74) is 4.77. The van der Waals surface area contributed by atoms with Crippen LogP contribution in [0, 0.1) is 0 Å². The molecule has 90 valence electrons. The molecule has 0 aliphatic carbocycles. The van der Waals surface area contributed by atoms with Gasteiger partial charge in [-0.3, -0.25) is 4.79 Å². The standard InChI is InChI=1S/C11H12N2O4/c12-11(16)13-7-1-2-10(15)17-9-5-3-8(14)4-6-9/h3-7,14H,1-2H2,(H2,12,16). The van der Waals surface area contributed by atoms with E-state index in [1.54, 1.807) is 0 Å². The van der Waals surface area contributed by atoms with Crippen LogP contribution >= 0.6 is 0 Å². The fourth-order valence-corrected chi connectivity index (χ4v) is 1.03. The number of esters is 1. The number of phenolic OH excluding ortho intramolecular Hbond substituents is 1. The van der Waals surface area contributed by atoms with E-state index in [1.165, 1.54) is 30.5 Å². The minimum absolute atomic E-state index is 0.0949. The molecule has 6 heteroatoms. The van der Waals surface area contributed by atoms with Crippen molar-refractivity contribution in [1.29, 1.82) is 0 Å². The average Bonchev–Trinajstić information content (AvgIpc) is 2.27. The topological polar surface area (TPSA) is 102 Å². The van der Waals surface area contributed by atoms with Gasteiger partial charge in [-0.15, -0.1) is 0 Å². The summed E-state index contributed by atoms with van der Waals surface area (Å²) in [6.45, 7) is 0. The lowest BCUT2D eigenvalue weighted by Gasteiger charge is -2.02. The van der Waals surface area contributed by atoms with E-state index in [9.17, 15) is 9.59 Å². The number of hydrogen-bond acceptors (Lipinski definition) is 4. The molecule has 1 aromatic rings. The van der Waals surface area contributed by atoms with Crippen molar-refractivity contribution in [2.24, 2.45) is 10.7 Å². The summed E-state index contributed by atoms with van der Waals surface area (Å²) in [6, 6.07) is 4.99. The zero-order chi connectivity index (χ0) is 12.7. The molecule has 6 nitrogen and oxygen atoms in total. The van der Waals surface area contributed by atoms with Gasteiger partial charge in [0, 0.05) is 6.21 Å². The number of nitrogens with zero attached hydrogens (tertiary/aromatic N) is 1. The summed E-state index contributed by atoms with van der Waals surface area (Å²) in [7, 11) is 0. The Hall–Kier alpha value is -2.37. The van der Waals surface area contributed by atoms with Crippen molar-refractivity contribution in [3.05, 3.63) is 24.3 Å². The smallest absolute Gasteiger partial charge is 0.337 e. The second-order valence-corrected chi connectivity index (χ2v) is 3.16. The molecule has 2 amide bonds. The summed E-state index contributed by atoms with van der Waals surface area (Å²) < 4.78 is 4.95. The van der Waals surface area contributed by atoms with Crippen LogP contribution in [-0.4, -0.2) is 23.3 Å². The monoisotopic (exact) mass is 236 g/mol. The van der Waals surface area contributed by atoms with Crippen LogP contribution in [0.15, 0.2) is 29.3 Å². The first-order chi connectivity index (χ1) is 8.08. The number of benzene rings is 1. The van der Waals surface area contributed by atoms with Gasteiger partial charge in [0.05, 0.1) is 6.42 Å². The molecule has 1 aromatic carbocycles. The number of rotatable bonds is 4. The number of aromatic hydroxyl groups is 1. The van der Waals surface area contributed by atoms with Crippen LogP contribution in [0.2, 0.25) is 0 Å². The Morgan fingerprint density at radius 3 is 2.59 bits per heavy atom. The van der Waals surface area contributed by atoms with E-state index in [2.05, 4.69) is 4.99 Å². The van der Waals surface area contributed by atoms with Crippen LogP contribution in [-0.2, 0) is 4.79 Å². The van der Waals surface area contributed by atoms with Crippen molar-refractivity contribution in [2.45, 2.75) is 12.8 Å². The predicted molar refractivity (Wildman–Crippen MR) is 61.1 cm³/mol. The molecule has 0 aliphatic rings. The number of primary amides is 1. The fourth-order valence-electron chi connectivity index (χ4n) is 1.03. The third-order valence-electron chi connectivity index (χ3n) is 1.76. The molecule has 17 heavy (non-hydrogen) atoms. The molecular formula is C11H12N2O4. The summed E-state index contributed by atoms with van der Waals surface area (Å²) in [5, 5.41) is 9.01. The second kappa shape index (κ2) is 6.26. The summed E-state index contributed by atoms with van der Waals surface area (Å²) in [5.74, 6) is -0.00959. The van der Waals surface area contributed by atoms with Crippen LogP contribution in [0.4, 0.5) is 4.79 Å². The van der Waals surface area contributed by atoms with Gasteiger partial charge in [0.15, 0.2) is 0 Å². The summed E-state index contributed by atoms with van der Waals surface area (Å²) in [4.78, 5) is 24.8. The van der Waals surface area contributed by atoms with Crippen molar-refractivity contribution >= 4 is 18.2 Å². The first kappa shape index (κ1) is 12.7. The molecule has 0 spiro atoms.